The van der Waals surface area contributed by atoms with Crippen LogP contribution >= 0.6 is 0 Å². The third kappa shape index (κ3) is 3.79. The number of anilines is 2. The lowest BCUT2D eigenvalue weighted by molar-refractivity contribution is 0.0765. The second kappa shape index (κ2) is 7.65. The summed E-state index contributed by atoms with van der Waals surface area (Å²) in [5.74, 6) is 1.76. The zero-order chi connectivity index (χ0) is 19.5. The van der Waals surface area contributed by atoms with Gasteiger partial charge in [-0.25, -0.2) is 14.6 Å². The van der Waals surface area contributed by atoms with Crippen LogP contribution in [-0.4, -0.2) is 62.0 Å². The molecule has 4 rings (SSSR count). The van der Waals surface area contributed by atoms with Crippen molar-refractivity contribution in [1.82, 2.24) is 24.6 Å². The van der Waals surface area contributed by atoms with Gasteiger partial charge in [-0.3, -0.25) is 4.79 Å². The Morgan fingerprint density at radius 3 is 2.82 bits per heavy atom. The standard InChI is InChI=1S/C19H20N6O3/c1-28-16-4-2-14(3-5-16)23-17-8-18(21-12-20-17)25-10-13(9-22-25)19(27)24-7-6-15(26)11-24/h2-5,8-10,12,15,26H,6-7,11H2,1H3,(H,20,21,23)/t15-/m1/s1. The number of carbonyl (C=O) groups is 1. The molecule has 9 nitrogen and oxygen atoms in total. The van der Waals surface area contributed by atoms with Crippen molar-refractivity contribution in [3.05, 3.63) is 54.6 Å². The SMILES string of the molecule is COc1ccc(Nc2cc(-n3cc(C(=O)N4CC[C@@H](O)C4)cn3)ncn2)cc1. The number of benzene rings is 1. The fraction of sp³-hybridized carbons (Fsp3) is 0.263. The molecule has 2 N–H and O–H groups in total. The highest BCUT2D eigenvalue weighted by Gasteiger charge is 2.26. The number of rotatable bonds is 5. The number of ether oxygens (including phenoxy) is 1. The van der Waals surface area contributed by atoms with Crippen LogP contribution in [-0.2, 0) is 0 Å². The van der Waals surface area contributed by atoms with Gasteiger partial charge in [-0.2, -0.15) is 5.10 Å². The quantitative estimate of drug-likeness (QED) is 0.693. The van der Waals surface area contributed by atoms with E-state index in [0.717, 1.165) is 11.4 Å². The highest BCUT2D eigenvalue weighted by atomic mass is 16.5. The minimum atomic E-state index is -0.451. The lowest BCUT2D eigenvalue weighted by Crippen LogP contribution is -2.29. The van der Waals surface area contributed by atoms with E-state index in [9.17, 15) is 9.90 Å². The largest absolute Gasteiger partial charge is 0.497 e. The van der Waals surface area contributed by atoms with Gasteiger partial charge in [0.2, 0.25) is 0 Å². The predicted molar refractivity (Wildman–Crippen MR) is 102 cm³/mol. The topological polar surface area (TPSA) is 105 Å². The molecule has 1 saturated heterocycles. The molecule has 2 aromatic heterocycles. The third-order valence-electron chi connectivity index (χ3n) is 4.53. The first-order chi connectivity index (χ1) is 13.6. The summed E-state index contributed by atoms with van der Waals surface area (Å²) in [6.45, 7) is 0.905. The number of aliphatic hydroxyl groups is 1. The highest BCUT2D eigenvalue weighted by Crippen LogP contribution is 2.20. The van der Waals surface area contributed by atoms with E-state index in [1.807, 2.05) is 24.3 Å². The van der Waals surface area contributed by atoms with Crippen LogP contribution in [0.15, 0.2) is 49.1 Å². The van der Waals surface area contributed by atoms with E-state index in [2.05, 4.69) is 20.4 Å². The number of β-amino-alcohol motifs (C(OH)–C–C–N with tert-alkyl or cyclic N) is 1. The highest BCUT2D eigenvalue weighted by molar-refractivity contribution is 5.94. The Morgan fingerprint density at radius 1 is 1.29 bits per heavy atom. The summed E-state index contributed by atoms with van der Waals surface area (Å²) in [5.41, 5.74) is 1.31. The first kappa shape index (κ1) is 17.9. The predicted octanol–water partition coefficient (Wildman–Crippen LogP) is 1.62. The van der Waals surface area contributed by atoms with Crippen molar-refractivity contribution in [1.29, 1.82) is 0 Å². The fourth-order valence-corrected chi connectivity index (χ4v) is 3.03. The van der Waals surface area contributed by atoms with Gasteiger partial charge in [-0.1, -0.05) is 0 Å². The summed E-state index contributed by atoms with van der Waals surface area (Å²) in [7, 11) is 1.62. The Balaban J connectivity index is 1.49. The van der Waals surface area contributed by atoms with Gasteiger partial charge in [-0.15, -0.1) is 0 Å². The molecular formula is C19H20N6O3. The number of nitrogens with zero attached hydrogens (tertiary/aromatic N) is 5. The molecule has 1 fully saturated rings. The van der Waals surface area contributed by atoms with E-state index in [4.69, 9.17) is 4.74 Å². The number of amides is 1. The number of hydrogen-bond acceptors (Lipinski definition) is 7. The van der Waals surface area contributed by atoms with E-state index in [-0.39, 0.29) is 5.91 Å². The number of methoxy groups -OCH3 is 1. The monoisotopic (exact) mass is 380 g/mol. The second-order valence-electron chi connectivity index (χ2n) is 6.48. The van der Waals surface area contributed by atoms with Crippen molar-refractivity contribution in [2.75, 3.05) is 25.5 Å². The number of carbonyl (C=O) groups excluding carboxylic acids is 1. The van der Waals surface area contributed by atoms with Gasteiger partial charge >= 0.3 is 0 Å². The van der Waals surface area contributed by atoms with Gasteiger partial charge in [0, 0.05) is 31.0 Å². The molecule has 28 heavy (non-hydrogen) atoms. The molecule has 1 amide bonds. The number of hydrogen-bond donors (Lipinski definition) is 2. The van der Waals surface area contributed by atoms with Crippen molar-refractivity contribution in [3.63, 3.8) is 0 Å². The maximum Gasteiger partial charge on any atom is 0.257 e. The average molecular weight is 380 g/mol. The van der Waals surface area contributed by atoms with E-state index >= 15 is 0 Å². The van der Waals surface area contributed by atoms with Crippen LogP contribution in [0.25, 0.3) is 5.82 Å². The molecule has 0 bridgehead atoms. The molecule has 1 aliphatic rings. The minimum Gasteiger partial charge on any atom is -0.497 e. The average Bonchev–Trinajstić information content (AvgIpc) is 3.38. The second-order valence-corrected chi connectivity index (χ2v) is 6.48. The molecule has 0 aliphatic carbocycles. The number of likely N-dealkylation sites (tertiary alicyclic amines) is 1. The number of aromatic nitrogens is 4. The maximum absolute atomic E-state index is 12.5. The van der Waals surface area contributed by atoms with Gasteiger partial charge in [-0.05, 0) is 30.7 Å². The van der Waals surface area contributed by atoms with Crippen LogP contribution in [0.2, 0.25) is 0 Å². The lowest BCUT2D eigenvalue weighted by Gasteiger charge is -2.13. The molecule has 0 radical (unpaired) electrons. The van der Waals surface area contributed by atoms with Gasteiger partial charge in [0.25, 0.3) is 5.91 Å². The summed E-state index contributed by atoms with van der Waals surface area (Å²) < 4.78 is 6.68. The van der Waals surface area contributed by atoms with Crippen molar-refractivity contribution in [2.45, 2.75) is 12.5 Å². The molecule has 0 spiro atoms. The molecule has 0 saturated carbocycles. The molecule has 1 atom stereocenters. The summed E-state index contributed by atoms with van der Waals surface area (Å²) in [6, 6.07) is 9.22. The van der Waals surface area contributed by atoms with Crippen LogP contribution in [0.5, 0.6) is 5.75 Å². The van der Waals surface area contributed by atoms with Gasteiger partial charge in [0.15, 0.2) is 5.82 Å². The molecule has 0 unspecified atom stereocenters. The van der Waals surface area contributed by atoms with E-state index in [1.165, 1.54) is 17.2 Å². The van der Waals surface area contributed by atoms with E-state index in [1.54, 1.807) is 24.3 Å². The first-order valence-corrected chi connectivity index (χ1v) is 8.88. The van der Waals surface area contributed by atoms with E-state index < -0.39 is 6.10 Å². The van der Waals surface area contributed by atoms with Gasteiger partial charge in [0.05, 0.1) is 25.0 Å². The van der Waals surface area contributed by atoms with Crippen LogP contribution < -0.4 is 10.1 Å². The molecule has 1 aliphatic heterocycles. The Kier molecular flexibility index (Phi) is 4.90. The Bertz CT molecular complexity index is 972. The van der Waals surface area contributed by atoms with Gasteiger partial charge in [0.1, 0.15) is 17.9 Å². The summed E-state index contributed by atoms with van der Waals surface area (Å²) in [4.78, 5) is 22.6. The summed E-state index contributed by atoms with van der Waals surface area (Å²) in [6.07, 6.45) is 4.72. The smallest absolute Gasteiger partial charge is 0.257 e. The maximum atomic E-state index is 12.5. The van der Waals surface area contributed by atoms with Crippen LogP contribution in [0.4, 0.5) is 11.5 Å². The Hall–Kier alpha value is -3.46. The van der Waals surface area contributed by atoms with Crippen molar-refractivity contribution in [3.8, 4) is 11.6 Å². The third-order valence-corrected chi connectivity index (χ3v) is 4.53. The minimum absolute atomic E-state index is 0.145. The summed E-state index contributed by atoms with van der Waals surface area (Å²) >= 11 is 0. The summed E-state index contributed by atoms with van der Waals surface area (Å²) in [5, 5.41) is 17.0. The number of aliphatic hydroxyl groups excluding tert-OH is 1. The first-order valence-electron chi connectivity index (χ1n) is 8.88. The van der Waals surface area contributed by atoms with Gasteiger partial charge < -0.3 is 20.1 Å². The van der Waals surface area contributed by atoms with Crippen molar-refractivity contribution in [2.24, 2.45) is 0 Å². The molecule has 144 valence electrons. The molecular weight excluding hydrogens is 360 g/mol. The van der Waals surface area contributed by atoms with Crippen molar-refractivity contribution < 1.29 is 14.6 Å². The molecule has 1 aromatic carbocycles. The lowest BCUT2D eigenvalue weighted by atomic mass is 10.3. The fourth-order valence-electron chi connectivity index (χ4n) is 3.03. The van der Waals surface area contributed by atoms with Crippen molar-refractivity contribution >= 4 is 17.4 Å². The normalized spacial score (nSPS) is 16.2. The zero-order valence-corrected chi connectivity index (χ0v) is 15.3. The Labute approximate surface area is 161 Å². The number of nitrogens with one attached hydrogen (secondary N) is 1. The van der Waals surface area contributed by atoms with Crippen LogP contribution in [0, 0.1) is 0 Å². The Morgan fingerprint density at radius 2 is 2.11 bits per heavy atom. The molecule has 3 heterocycles. The van der Waals surface area contributed by atoms with Crippen LogP contribution in [0.3, 0.4) is 0 Å². The molecule has 3 aromatic rings. The van der Waals surface area contributed by atoms with E-state index in [0.29, 0.717) is 36.7 Å². The zero-order valence-electron chi connectivity index (χ0n) is 15.3. The van der Waals surface area contributed by atoms with Crippen LogP contribution in [0.1, 0.15) is 16.8 Å². The molecule has 9 heteroatoms.